The van der Waals surface area contributed by atoms with Gasteiger partial charge in [0.25, 0.3) is 0 Å². The van der Waals surface area contributed by atoms with E-state index >= 15 is 0 Å². The van der Waals surface area contributed by atoms with Crippen LogP contribution in [-0.4, -0.2) is 47.4 Å². The van der Waals surface area contributed by atoms with Crippen LogP contribution in [0.3, 0.4) is 0 Å². The number of hydrogen-bond acceptors (Lipinski definition) is 5. The number of esters is 1. The summed E-state index contributed by atoms with van der Waals surface area (Å²) in [7, 11) is 0. The predicted octanol–water partition coefficient (Wildman–Crippen LogP) is 17.1. The first-order valence-electron chi connectivity index (χ1n) is 28.1. The van der Waals surface area contributed by atoms with Crippen LogP contribution in [0.25, 0.3) is 0 Å². The van der Waals surface area contributed by atoms with Crippen LogP contribution >= 0.6 is 0 Å². The molecule has 0 aromatic rings. The SMILES string of the molecule is CCCCCCCCC/C=C\CCCCCCCC(=O)OCCCCCCCCCCCCCCCC(=O)NC(CO)C(O)/C=C/CCCCCCCCCCCCCCCCC. The van der Waals surface area contributed by atoms with Gasteiger partial charge in [0.15, 0.2) is 0 Å². The number of rotatable bonds is 52. The number of carbonyl (C=O) groups excluding carboxylic acids is 2. The van der Waals surface area contributed by atoms with Gasteiger partial charge in [-0.2, -0.15) is 0 Å². The van der Waals surface area contributed by atoms with Crippen molar-refractivity contribution in [3.63, 3.8) is 0 Å². The first-order valence-corrected chi connectivity index (χ1v) is 28.1. The van der Waals surface area contributed by atoms with E-state index in [4.69, 9.17) is 4.74 Å². The Hall–Kier alpha value is -1.66. The Kier molecular flexibility index (Phi) is 51.6. The maximum Gasteiger partial charge on any atom is 0.305 e. The highest BCUT2D eigenvalue weighted by Crippen LogP contribution is 2.16. The number of ether oxygens (including phenoxy) is 1. The van der Waals surface area contributed by atoms with Crippen LogP contribution in [0, 0.1) is 0 Å². The average molecular weight is 889 g/mol. The first kappa shape index (κ1) is 61.3. The lowest BCUT2D eigenvalue weighted by Gasteiger charge is -2.20. The Labute approximate surface area is 392 Å². The number of aliphatic hydroxyl groups is 2. The predicted molar refractivity (Wildman–Crippen MR) is 273 cm³/mol. The number of hydrogen-bond donors (Lipinski definition) is 3. The van der Waals surface area contributed by atoms with Crippen molar-refractivity contribution in [1.29, 1.82) is 0 Å². The summed E-state index contributed by atoms with van der Waals surface area (Å²) in [4.78, 5) is 24.5. The lowest BCUT2D eigenvalue weighted by Crippen LogP contribution is -2.45. The molecule has 0 saturated carbocycles. The molecule has 6 heteroatoms. The summed E-state index contributed by atoms with van der Waals surface area (Å²) in [6.45, 7) is 4.88. The first-order chi connectivity index (χ1) is 31.0. The Morgan fingerprint density at radius 2 is 0.746 bits per heavy atom. The number of amides is 1. The molecule has 0 aliphatic carbocycles. The minimum Gasteiger partial charge on any atom is -0.466 e. The molecular weight excluding hydrogens is 779 g/mol. The molecule has 63 heavy (non-hydrogen) atoms. The lowest BCUT2D eigenvalue weighted by atomic mass is 10.0. The van der Waals surface area contributed by atoms with Crippen molar-refractivity contribution in [3.8, 4) is 0 Å². The van der Waals surface area contributed by atoms with Gasteiger partial charge < -0.3 is 20.3 Å². The van der Waals surface area contributed by atoms with Crippen molar-refractivity contribution >= 4 is 11.9 Å². The molecule has 0 heterocycles. The van der Waals surface area contributed by atoms with Crippen LogP contribution in [0.2, 0.25) is 0 Å². The zero-order valence-corrected chi connectivity index (χ0v) is 42.3. The standard InChI is InChI=1S/C57H109NO5/c1-3-5-7-9-11-13-15-17-19-21-22-25-29-33-37-41-45-49-55(60)54(53-59)58-56(61)50-46-42-38-34-30-26-24-28-32-36-40-44-48-52-63-57(62)51-47-43-39-35-31-27-23-20-18-16-14-12-10-8-6-4-2/h20,23,45,49,54-55,59-60H,3-19,21-22,24-44,46-48,50-53H2,1-2H3,(H,58,61)/b23-20-,49-45+. The van der Waals surface area contributed by atoms with Crippen LogP contribution in [0.1, 0.15) is 303 Å². The average Bonchev–Trinajstić information content (AvgIpc) is 3.28. The van der Waals surface area contributed by atoms with Crippen LogP contribution in [0.4, 0.5) is 0 Å². The highest BCUT2D eigenvalue weighted by atomic mass is 16.5. The molecule has 0 spiro atoms. The Bertz CT molecular complexity index is 982. The zero-order valence-electron chi connectivity index (χ0n) is 42.3. The fourth-order valence-corrected chi connectivity index (χ4v) is 8.63. The third-order valence-corrected chi connectivity index (χ3v) is 13.0. The Morgan fingerprint density at radius 3 is 1.13 bits per heavy atom. The van der Waals surface area contributed by atoms with Gasteiger partial charge in [-0.15, -0.1) is 0 Å². The molecule has 0 bridgehead atoms. The highest BCUT2D eigenvalue weighted by Gasteiger charge is 2.18. The van der Waals surface area contributed by atoms with E-state index < -0.39 is 12.1 Å². The molecule has 2 unspecified atom stereocenters. The van der Waals surface area contributed by atoms with Crippen LogP contribution in [0.5, 0.6) is 0 Å². The largest absolute Gasteiger partial charge is 0.466 e. The van der Waals surface area contributed by atoms with Crippen LogP contribution < -0.4 is 5.32 Å². The van der Waals surface area contributed by atoms with Crippen molar-refractivity contribution < 1.29 is 24.5 Å². The van der Waals surface area contributed by atoms with Crippen LogP contribution in [0.15, 0.2) is 24.3 Å². The molecule has 1 amide bonds. The maximum atomic E-state index is 12.5. The molecule has 0 saturated heterocycles. The van der Waals surface area contributed by atoms with Crippen molar-refractivity contribution in [2.45, 2.75) is 315 Å². The van der Waals surface area contributed by atoms with Crippen molar-refractivity contribution in [2.24, 2.45) is 0 Å². The summed E-state index contributed by atoms with van der Waals surface area (Å²) >= 11 is 0. The van der Waals surface area contributed by atoms with Crippen molar-refractivity contribution in [1.82, 2.24) is 5.32 Å². The van der Waals surface area contributed by atoms with E-state index in [1.807, 2.05) is 6.08 Å². The molecule has 0 radical (unpaired) electrons. The monoisotopic (exact) mass is 888 g/mol. The third-order valence-electron chi connectivity index (χ3n) is 13.0. The van der Waals surface area contributed by atoms with Gasteiger partial charge in [0, 0.05) is 12.8 Å². The molecule has 372 valence electrons. The summed E-state index contributed by atoms with van der Waals surface area (Å²) in [6, 6.07) is -0.638. The number of unbranched alkanes of at least 4 members (excludes halogenated alkanes) is 39. The minimum absolute atomic E-state index is 0.0140. The molecule has 0 aromatic carbocycles. The molecule has 0 aliphatic heterocycles. The fraction of sp³-hybridized carbons (Fsp3) is 0.895. The van der Waals surface area contributed by atoms with Crippen LogP contribution in [-0.2, 0) is 14.3 Å². The number of carbonyl (C=O) groups is 2. The highest BCUT2D eigenvalue weighted by molar-refractivity contribution is 5.76. The van der Waals surface area contributed by atoms with Gasteiger partial charge in [0.2, 0.25) is 5.91 Å². The van der Waals surface area contributed by atoms with Gasteiger partial charge in [0.1, 0.15) is 0 Å². The summed E-state index contributed by atoms with van der Waals surface area (Å²) in [5, 5.41) is 23.1. The van der Waals surface area contributed by atoms with E-state index in [1.54, 1.807) is 6.08 Å². The van der Waals surface area contributed by atoms with E-state index in [1.165, 1.54) is 218 Å². The summed E-state index contributed by atoms with van der Waals surface area (Å²) in [5.74, 6) is -0.0935. The summed E-state index contributed by atoms with van der Waals surface area (Å²) < 4.78 is 5.47. The third kappa shape index (κ3) is 49.6. The molecule has 2 atom stereocenters. The molecule has 0 aliphatic rings. The summed E-state index contributed by atoms with van der Waals surface area (Å²) in [5.41, 5.74) is 0. The topological polar surface area (TPSA) is 95.9 Å². The zero-order chi connectivity index (χ0) is 45.8. The van der Waals surface area contributed by atoms with Gasteiger partial charge in [0.05, 0.1) is 25.4 Å². The van der Waals surface area contributed by atoms with Crippen molar-refractivity contribution in [2.75, 3.05) is 13.2 Å². The maximum absolute atomic E-state index is 12.5. The van der Waals surface area contributed by atoms with Gasteiger partial charge in [-0.25, -0.2) is 0 Å². The second kappa shape index (κ2) is 53.0. The fourth-order valence-electron chi connectivity index (χ4n) is 8.63. The molecular formula is C57H109NO5. The van der Waals surface area contributed by atoms with Gasteiger partial charge in [-0.05, 0) is 57.8 Å². The normalized spacial score (nSPS) is 12.8. The quantitative estimate of drug-likeness (QED) is 0.0321. The van der Waals surface area contributed by atoms with E-state index in [9.17, 15) is 19.8 Å². The molecule has 0 rings (SSSR count). The summed E-state index contributed by atoms with van der Waals surface area (Å²) in [6.07, 6.45) is 63.3. The second-order valence-electron chi connectivity index (χ2n) is 19.3. The lowest BCUT2D eigenvalue weighted by molar-refractivity contribution is -0.143. The van der Waals surface area contributed by atoms with Crippen molar-refractivity contribution in [3.05, 3.63) is 24.3 Å². The van der Waals surface area contributed by atoms with E-state index in [2.05, 4.69) is 31.3 Å². The van der Waals surface area contributed by atoms with E-state index in [-0.39, 0.29) is 18.5 Å². The number of nitrogens with one attached hydrogen (secondary N) is 1. The number of aliphatic hydroxyl groups excluding tert-OH is 2. The Morgan fingerprint density at radius 1 is 0.429 bits per heavy atom. The molecule has 3 N–H and O–H groups in total. The van der Waals surface area contributed by atoms with Gasteiger partial charge in [-0.1, -0.05) is 256 Å². The molecule has 6 nitrogen and oxygen atoms in total. The van der Waals surface area contributed by atoms with E-state index in [0.717, 1.165) is 57.8 Å². The smallest absolute Gasteiger partial charge is 0.305 e. The van der Waals surface area contributed by atoms with Gasteiger partial charge >= 0.3 is 5.97 Å². The molecule has 0 aromatic heterocycles. The van der Waals surface area contributed by atoms with Gasteiger partial charge in [-0.3, -0.25) is 9.59 Å². The number of allylic oxidation sites excluding steroid dienone is 3. The minimum atomic E-state index is -0.853. The Balaban J connectivity index is 3.48. The van der Waals surface area contributed by atoms with E-state index in [0.29, 0.717) is 19.4 Å². The second-order valence-corrected chi connectivity index (χ2v) is 19.3. The molecule has 0 fully saturated rings.